The molecule has 7 nitrogen and oxygen atoms in total. The highest BCUT2D eigenvalue weighted by Gasteiger charge is 2.03. The standard InChI is InChI=1S/C28H54O7/c1-3-5-6-7-8-9-10-11-12-13-14-15-16-18-28(30)35-26-24-33-22-20-31-19-21-32-23-25-34-27(29)17-4-2/h3-26H2,1-2H3. The average molecular weight is 503 g/mol. The Morgan fingerprint density at radius 1 is 0.400 bits per heavy atom. The van der Waals surface area contributed by atoms with E-state index in [1.165, 1.54) is 70.6 Å². The van der Waals surface area contributed by atoms with Crippen LogP contribution in [0.15, 0.2) is 0 Å². The Kier molecular flexibility index (Phi) is 28.1. The quantitative estimate of drug-likeness (QED) is 0.0904. The van der Waals surface area contributed by atoms with Crippen LogP contribution in [0.5, 0.6) is 0 Å². The van der Waals surface area contributed by atoms with Crippen LogP contribution in [0.3, 0.4) is 0 Å². The second-order valence-corrected chi connectivity index (χ2v) is 9.02. The summed E-state index contributed by atoms with van der Waals surface area (Å²) in [6.07, 6.45) is 18.6. The molecular formula is C28H54O7. The van der Waals surface area contributed by atoms with Crippen LogP contribution >= 0.6 is 0 Å². The Labute approximate surface area is 214 Å². The van der Waals surface area contributed by atoms with Crippen LogP contribution < -0.4 is 0 Å². The molecule has 0 bridgehead atoms. The van der Waals surface area contributed by atoms with Gasteiger partial charge in [-0.3, -0.25) is 9.59 Å². The van der Waals surface area contributed by atoms with E-state index in [0.717, 1.165) is 19.3 Å². The fourth-order valence-electron chi connectivity index (χ4n) is 3.61. The van der Waals surface area contributed by atoms with Crippen molar-refractivity contribution < 1.29 is 33.3 Å². The molecule has 7 heteroatoms. The van der Waals surface area contributed by atoms with Gasteiger partial charge in [0, 0.05) is 12.8 Å². The molecular weight excluding hydrogens is 448 g/mol. The lowest BCUT2D eigenvalue weighted by atomic mass is 10.0. The fourth-order valence-corrected chi connectivity index (χ4v) is 3.61. The van der Waals surface area contributed by atoms with Gasteiger partial charge < -0.3 is 23.7 Å². The molecule has 0 N–H and O–H groups in total. The summed E-state index contributed by atoms with van der Waals surface area (Å²) in [6.45, 7) is 7.34. The summed E-state index contributed by atoms with van der Waals surface area (Å²) in [5.74, 6) is -0.319. The number of rotatable bonds is 28. The van der Waals surface area contributed by atoms with Gasteiger partial charge in [-0.05, 0) is 12.8 Å². The van der Waals surface area contributed by atoms with Gasteiger partial charge in [-0.15, -0.1) is 0 Å². The van der Waals surface area contributed by atoms with Crippen LogP contribution in [0.1, 0.15) is 117 Å². The van der Waals surface area contributed by atoms with E-state index in [-0.39, 0.29) is 25.2 Å². The van der Waals surface area contributed by atoms with Crippen LogP contribution in [-0.2, 0) is 33.3 Å². The van der Waals surface area contributed by atoms with Gasteiger partial charge in [0.25, 0.3) is 0 Å². The van der Waals surface area contributed by atoms with E-state index in [2.05, 4.69) is 6.92 Å². The second-order valence-electron chi connectivity index (χ2n) is 9.02. The first-order valence-corrected chi connectivity index (χ1v) is 14.2. The molecule has 0 aromatic carbocycles. The molecule has 0 aliphatic rings. The Morgan fingerprint density at radius 2 is 0.743 bits per heavy atom. The highest BCUT2D eigenvalue weighted by molar-refractivity contribution is 5.69. The molecule has 0 aliphatic heterocycles. The molecule has 0 rings (SSSR count). The number of ether oxygens (including phenoxy) is 5. The van der Waals surface area contributed by atoms with E-state index in [9.17, 15) is 9.59 Å². The third kappa shape index (κ3) is 28.9. The number of carbonyl (C=O) groups is 2. The van der Waals surface area contributed by atoms with Crippen LogP contribution in [0.4, 0.5) is 0 Å². The summed E-state index contributed by atoms with van der Waals surface area (Å²) in [5.41, 5.74) is 0. The Balaban J connectivity index is 3.18. The summed E-state index contributed by atoms with van der Waals surface area (Å²) < 4.78 is 26.3. The highest BCUT2D eigenvalue weighted by atomic mass is 16.6. The molecule has 0 atom stereocenters. The van der Waals surface area contributed by atoms with E-state index in [4.69, 9.17) is 23.7 Å². The smallest absolute Gasteiger partial charge is 0.305 e. The van der Waals surface area contributed by atoms with Gasteiger partial charge in [0.1, 0.15) is 13.2 Å². The monoisotopic (exact) mass is 502 g/mol. The van der Waals surface area contributed by atoms with Crippen molar-refractivity contribution in [3.05, 3.63) is 0 Å². The van der Waals surface area contributed by atoms with Crippen LogP contribution in [0, 0.1) is 0 Å². The average Bonchev–Trinajstić information content (AvgIpc) is 2.85. The zero-order chi connectivity index (χ0) is 25.7. The minimum atomic E-state index is -0.185. The summed E-state index contributed by atoms with van der Waals surface area (Å²) in [5, 5.41) is 0. The van der Waals surface area contributed by atoms with Crippen molar-refractivity contribution in [1.82, 2.24) is 0 Å². The first-order chi connectivity index (χ1) is 17.2. The molecule has 0 saturated heterocycles. The molecule has 0 spiro atoms. The van der Waals surface area contributed by atoms with Crippen molar-refractivity contribution in [1.29, 1.82) is 0 Å². The number of carbonyl (C=O) groups excluding carboxylic acids is 2. The molecule has 0 amide bonds. The SMILES string of the molecule is CCCCCCCCCCCCCCCC(=O)OCCOCCOCCOCCOC(=O)CCC. The van der Waals surface area contributed by atoms with E-state index < -0.39 is 0 Å². The number of hydrogen-bond acceptors (Lipinski definition) is 7. The molecule has 0 aromatic heterocycles. The van der Waals surface area contributed by atoms with Crippen LogP contribution in [-0.4, -0.2) is 64.8 Å². The van der Waals surface area contributed by atoms with Gasteiger partial charge in [0.2, 0.25) is 0 Å². The summed E-state index contributed by atoms with van der Waals surface area (Å²) >= 11 is 0. The zero-order valence-corrected chi connectivity index (χ0v) is 22.8. The lowest BCUT2D eigenvalue weighted by Gasteiger charge is -2.08. The molecule has 0 unspecified atom stereocenters. The largest absolute Gasteiger partial charge is 0.463 e. The fraction of sp³-hybridized carbons (Fsp3) is 0.929. The van der Waals surface area contributed by atoms with E-state index in [0.29, 0.717) is 52.5 Å². The Bertz CT molecular complexity index is 457. The summed E-state index contributed by atoms with van der Waals surface area (Å²) in [6, 6.07) is 0. The minimum Gasteiger partial charge on any atom is -0.463 e. The predicted octanol–water partition coefficient (Wildman–Crippen LogP) is 6.40. The lowest BCUT2D eigenvalue weighted by Crippen LogP contribution is -2.15. The third-order valence-corrected chi connectivity index (χ3v) is 5.66. The van der Waals surface area contributed by atoms with E-state index >= 15 is 0 Å². The van der Waals surface area contributed by atoms with Gasteiger partial charge >= 0.3 is 11.9 Å². The maximum Gasteiger partial charge on any atom is 0.305 e. The molecule has 0 fully saturated rings. The van der Waals surface area contributed by atoms with Crippen molar-refractivity contribution in [2.24, 2.45) is 0 Å². The Hall–Kier alpha value is -1.18. The predicted molar refractivity (Wildman–Crippen MR) is 140 cm³/mol. The van der Waals surface area contributed by atoms with Gasteiger partial charge in [-0.1, -0.05) is 90.9 Å². The lowest BCUT2D eigenvalue weighted by molar-refractivity contribution is -0.146. The second kappa shape index (κ2) is 29.1. The normalized spacial score (nSPS) is 11.0. The summed E-state index contributed by atoms with van der Waals surface area (Å²) in [4.78, 5) is 22.9. The van der Waals surface area contributed by atoms with E-state index in [1.54, 1.807) is 0 Å². The van der Waals surface area contributed by atoms with Crippen LogP contribution in [0.2, 0.25) is 0 Å². The molecule has 0 aromatic rings. The maximum absolute atomic E-state index is 11.8. The van der Waals surface area contributed by atoms with Gasteiger partial charge in [0.05, 0.1) is 39.6 Å². The van der Waals surface area contributed by atoms with Crippen molar-refractivity contribution in [3.63, 3.8) is 0 Å². The van der Waals surface area contributed by atoms with Crippen molar-refractivity contribution in [2.75, 3.05) is 52.9 Å². The molecule has 0 radical (unpaired) electrons. The molecule has 0 heterocycles. The van der Waals surface area contributed by atoms with Gasteiger partial charge in [-0.2, -0.15) is 0 Å². The number of esters is 2. The molecule has 208 valence electrons. The van der Waals surface area contributed by atoms with Crippen molar-refractivity contribution in [3.8, 4) is 0 Å². The topological polar surface area (TPSA) is 80.3 Å². The molecule has 35 heavy (non-hydrogen) atoms. The Morgan fingerprint density at radius 3 is 1.14 bits per heavy atom. The maximum atomic E-state index is 11.8. The van der Waals surface area contributed by atoms with Crippen LogP contribution in [0.25, 0.3) is 0 Å². The minimum absolute atomic E-state index is 0.134. The first kappa shape index (κ1) is 33.8. The van der Waals surface area contributed by atoms with Crippen molar-refractivity contribution >= 4 is 11.9 Å². The number of unbranched alkanes of at least 4 members (excludes halogenated alkanes) is 12. The highest BCUT2D eigenvalue weighted by Crippen LogP contribution is 2.13. The first-order valence-electron chi connectivity index (χ1n) is 14.2. The van der Waals surface area contributed by atoms with Gasteiger partial charge in [-0.25, -0.2) is 0 Å². The van der Waals surface area contributed by atoms with Gasteiger partial charge in [0.15, 0.2) is 0 Å². The van der Waals surface area contributed by atoms with E-state index in [1.807, 2.05) is 6.92 Å². The summed E-state index contributed by atoms with van der Waals surface area (Å²) in [7, 11) is 0. The zero-order valence-electron chi connectivity index (χ0n) is 22.8. The van der Waals surface area contributed by atoms with Crippen molar-refractivity contribution in [2.45, 2.75) is 117 Å². The molecule has 0 aliphatic carbocycles. The third-order valence-electron chi connectivity index (χ3n) is 5.66. The number of hydrogen-bond donors (Lipinski definition) is 0. The molecule has 0 saturated carbocycles.